The molecule has 17 nitrogen and oxygen atoms in total. The number of hydrogen-bond acceptors (Lipinski definition) is 15. The zero-order valence-electron chi connectivity index (χ0n) is 53.5. The number of ether oxygens (including phenoxy) is 4. The van der Waals surface area contributed by atoms with Gasteiger partial charge < -0.3 is 33.8 Å². The fourth-order valence-corrected chi connectivity index (χ4v) is 11.1. The van der Waals surface area contributed by atoms with Gasteiger partial charge in [-0.1, -0.05) is 266 Å². The Bertz CT molecular complexity index is 1630. The van der Waals surface area contributed by atoms with Crippen LogP contribution in [-0.4, -0.2) is 96.7 Å². The van der Waals surface area contributed by atoms with Crippen LogP contribution in [0.15, 0.2) is 0 Å². The molecule has 0 rings (SSSR count). The summed E-state index contributed by atoms with van der Waals surface area (Å²) in [6.45, 7) is 9.43. The summed E-state index contributed by atoms with van der Waals surface area (Å²) in [5.74, 6) is -0.649. The van der Waals surface area contributed by atoms with Crippen molar-refractivity contribution in [2.45, 2.75) is 336 Å². The number of carbonyl (C=O) groups excluding carboxylic acids is 4. The molecule has 6 atom stereocenters. The highest BCUT2D eigenvalue weighted by Gasteiger charge is 2.30. The molecule has 0 saturated carbocycles. The van der Waals surface area contributed by atoms with Gasteiger partial charge in [0.05, 0.1) is 26.4 Å². The second-order valence-corrected chi connectivity index (χ2v) is 26.8. The van der Waals surface area contributed by atoms with Gasteiger partial charge in [-0.2, -0.15) is 0 Å². The molecule has 0 saturated heterocycles. The molecule has 0 aromatic carbocycles. The van der Waals surface area contributed by atoms with Gasteiger partial charge in [-0.3, -0.25) is 37.3 Å². The Labute approximate surface area is 505 Å². The van der Waals surface area contributed by atoms with E-state index in [1.54, 1.807) is 0 Å². The van der Waals surface area contributed by atoms with Crippen molar-refractivity contribution in [2.75, 3.05) is 39.6 Å². The smallest absolute Gasteiger partial charge is 0.462 e. The van der Waals surface area contributed by atoms with Crippen molar-refractivity contribution < 1.29 is 80.2 Å². The maximum atomic E-state index is 13.0. The van der Waals surface area contributed by atoms with Crippen LogP contribution < -0.4 is 0 Å². The van der Waals surface area contributed by atoms with E-state index < -0.39 is 97.5 Å². The highest BCUT2D eigenvalue weighted by atomic mass is 31.2. The van der Waals surface area contributed by atoms with Gasteiger partial charge in [0.2, 0.25) is 0 Å². The third-order valence-corrected chi connectivity index (χ3v) is 17.0. The Kier molecular flexibility index (Phi) is 55.2. The van der Waals surface area contributed by atoms with Crippen molar-refractivity contribution in [1.82, 2.24) is 0 Å². The summed E-state index contributed by atoms with van der Waals surface area (Å²) < 4.78 is 68.0. The summed E-state index contributed by atoms with van der Waals surface area (Å²) in [6, 6.07) is 0. The molecular weight excluding hydrogens is 1100 g/mol. The quantitative estimate of drug-likeness (QED) is 0.0222. The standard InChI is InChI=1S/C64H124O17P2/c1-7-10-12-14-16-18-19-20-21-29-35-41-47-62(67)75-53-60(81-64(69)49-43-37-31-25-23-27-33-39-45-57(6)9-3)55-79-83(72,73)77-51-58(65)50-76-82(70,71)78-54-59(52-74-61(66)46-40-34-28-17-15-13-11-8-2)80-63(68)48-42-36-30-24-22-26-32-38-44-56(4)5/h56-60,65H,7-55H2,1-6H3,(H,70,71)(H,72,73)/t57?,58-,59+,60+/m0/s1. The van der Waals surface area contributed by atoms with Crippen LogP contribution in [0.4, 0.5) is 0 Å². The van der Waals surface area contributed by atoms with Crippen molar-refractivity contribution in [3.63, 3.8) is 0 Å². The first-order chi connectivity index (χ1) is 39.9. The molecular formula is C64H124O17P2. The minimum absolute atomic E-state index is 0.104. The minimum atomic E-state index is -4.94. The monoisotopic (exact) mass is 1230 g/mol. The summed E-state index contributed by atoms with van der Waals surface area (Å²) in [5.41, 5.74) is 0. The van der Waals surface area contributed by atoms with E-state index in [2.05, 4.69) is 41.5 Å². The van der Waals surface area contributed by atoms with Gasteiger partial charge in [0, 0.05) is 25.7 Å². The number of esters is 4. The van der Waals surface area contributed by atoms with Crippen LogP contribution in [0.2, 0.25) is 0 Å². The van der Waals surface area contributed by atoms with Gasteiger partial charge in [-0.25, -0.2) is 9.13 Å². The van der Waals surface area contributed by atoms with E-state index in [4.69, 9.17) is 37.0 Å². The SMILES string of the molecule is CCCCCCCCCCCCCCC(=O)OC[C@H](COP(=O)(O)OC[C@@H](O)COP(=O)(O)OC[C@@H](COC(=O)CCCCCCCCCC)OC(=O)CCCCCCCCCCC(C)C)OC(=O)CCCCCCCCCCC(C)CC. The summed E-state index contributed by atoms with van der Waals surface area (Å²) in [7, 11) is -9.88. The van der Waals surface area contributed by atoms with Crippen molar-refractivity contribution in [3.05, 3.63) is 0 Å². The maximum absolute atomic E-state index is 13.0. The van der Waals surface area contributed by atoms with Crippen LogP contribution in [-0.2, 0) is 65.4 Å². The molecule has 0 heterocycles. The van der Waals surface area contributed by atoms with Crippen molar-refractivity contribution in [1.29, 1.82) is 0 Å². The van der Waals surface area contributed by atoms with Gasteiger partial charge >= 0.3 is 39.5 Å². The Hall–Kier alpha value is -1.94. The first-order valence-corrected chi connectivity index (χ1v) is 36.5. The molecule has 0 aliphatic rings. The summed E-state index contributed by atoms with van der Waals surface area (Å²) in [5, 5.41) is 10.5. The van der Waals surface area contributed by atoms with Crippen molar-refractivity contribution >= 4 is 39.5 Å². The third-order valence-electron chi connectivity index (χ3n) is 15.1. The molecule has 0 aromatic heterocycles. The van der Waals surface area contributed by atoms with Crippen molar-refractivity contribution in [2.24, 2.45) is 11.8 Å². The third kappa shape index (κ3) is 57.6. The van der Waals surface area contributed by atoms with E-state index >= 15 is 0 Å². The lowest BCUT2D eigenvalue weighted by Gasteiger charge is -2.21. The van der Waals surface area contributed by atoms with E-state index in [9.17, 15) is 43.2 Å². The molecule has 3 unspecified atom stereocenters. The maximum Gasteiger partial charge on any atom is 0.472 e. The lowest BCUT2D eigenvalue weighted by Crippen LogP contribution is -2.30. The van der Waals surface area contributed by atoms with Crippen LogP contribution >= 0.6 is 15.6 Å². The highest BCUT2D eigenvalue weighted by molar-refractivity contribution is 7.47. The largest absolute Gasteiger partial charge is 0.472 e. The molecule has 0 amide bonds. The Morgan fingerprint density at radius 1 is 0.349 bits per heavy atom. The zero-order chi connectivity index (χ0) is 61.5. The second kappa shape index (κ2) is 56.6. The van der Waals surface area contributed by atoms with Gasteiger partial charge in [0.15, 0.2) is 12.2 Å². The number of unbranched alkanes of at least 4 members (excludes halogenated alkanes) is 32. The number of rotatable bonds is 63. The van der Waals surface area contributed by atoms with Crippen LogP contribution in [0.25, 0.3) is 0 Å². The highest BCUT2D eigenvalue weighted by Crippen LogP contribution is 2.45. The molecule has 0 radical (unpaired) electrons. The summed E-state index contributed by atoms with van der Waals surface area (Å²) >= 11 is 0. The Balaban J connectivity index is 5.24. The lowest BCUT2D eigenvalue weighted by molar-refractivity contribution is -0.161. The van der Waals surface area contributed by atoms with E-state index in [-0.39, 0.29) is 25.7 Å². The predicted molar refractivity (Wildman–Crippen MR) is 331 cm³/mol. The molecule has 0 spiro atoms. The molecule has 0 aromatic rings. The lowest BCUT2D eigenvalue weighted by atomic mass is 9.99. The van der Waals surface area contributed by atoms with Crippen molar-refractivity contribution in [3.8, 4) is 0 Å². The van der Waals surface area contributed by atoms with Crippen LogP contribution in [0.1, 0.15) is 318 Å². The molecule has 0 fully saturated rings. The van der Waals surface area contributed by atoms with Crippen LogP contribution in [0, 0.1) is 11.8 Å². The fourth-order valence-electron chi connectivity index (χ4n) is 9.50. The number of phosphoric ester groups is 2. The number of aliphatic hydroxyl groups excluding tert-OH is 1. The number of aliphatic hydroxyl groups is 1. The van der Waals surface area contributed by atoms with Crippen LogP contribution in [0.5, 0.6) is 0 Å². The summed E-state index contributed by atoms with van der Waals surface area (Å²) in [4.78, 5) is 72.2. The van der Waals surface area contributed by atoms with E-state index in [1.165, 1.54) is 128 Å². The van der Waals surface area contributed by atoms with Gasteiger partial charge in [-0.15, -0.1) is 0 Å². The second-order valence-electron chi connectivity index (χ2n) is 23.9. The van der Waals surface area contributed by atoms with Crippen LogP contribution in [0.3, 0.4) is 0 Å². The first-order valence-electron chi connectivity index (χ1n) is 33.5. The van der Waals surface area contributed by atoms with Gasteiger partial charge in [-0.05, 0) is 37.5 Å². The molecule has 0 aliphatic heterocycles. The zero-order valence-corrected chi connectivity index (χ0v) is 55.3. The average Bonchev–Trinajstić information content (AvgIpc) is 3.46. The molecule has 83 heavy (non-hydrogen) atoms. The number of phosphoric acid groups is 2. The summed E-state index contributed by atoms with van der Waals surface area (Å²) in [6.07, 6.45) is 38.9. The predicted octanol–water partition coefficient (Wildman–Crippen LogP) is 17.7. The minimum Gasteiger partial charge on any atom is -0.462 e. The number of carbonyl (C=O) groups is 4. The average molecular weight is 1230 g/mol. The van der Waals surface area contributed by atoms with E-state index in [1.807, 2.05) is 0 Å². The molecule has 3 N–H and O–H groups in total. The molecule has 19 heteroatoms. The van der Waals surface area contributed by atoms with Gasteiger partial charge in [0.25, 0.3) is 0 Å². The van der Waals surface area contributed by atoms with E-state index in [0.29, 0.717) is 25.7 Å². The first kappa shape index (κ1) is 81.1. The van der Waals surface area contributed by atoms with E-state index in [0.717, 1.165) is 108 Å². The van der Waals surface area contributed by atoms with Gasteiger partial charge in [0.1, 0.15) is 19.3 Å². The topological polar surface area (TPSA) is 237 Å². The normalized spacial score (nSPS) is 14.6. The molecule has 0 bridgehead atoms. The number of hydrogen-bond donors (Lipinski definition) is 3. The Morgan fingerprint density at radius 2 is 0.614 bits per heavy atom. The Morgan fingerprint density at radius 3 is 0.916 bits per heavy atom. The fraction of sp³-hybridized carbons (Fsp3) is 0.938. The molecule has 492 valence electrons. The molecule has 0 aliphatic carbocycles.